The molecular formula is C13H22S. The smallest absolute Gasteiger partial charge is 0.0331 e. The van der Waals surface area contributed by atoms with Crippen LogP contribution in [-0.2, 0) is 0 Å². The van der Waals surface area contributed by atoms with Crippen LogP contribution in [0.1, 0.15) is 41.5 Å². The van der Waals surface area contributed by atoms with Crippen LogP contribution >= 0.6 is 11.8 Å². The van der Waals surface area contributed by atoms with Crippen molar-refractivity contribution in [3.05, 3.63) is 28.2 Å². The summed E-state index contributed by atoms with van der Waals surface area (Å²) >= 11 is 1.81. The Morgan fingerprint density at radius 3 is 2.07 bits per heavy atom. The molecule has 0 aromatic rings. The van der Waals surface area contributed by atoms with Gasteiger partial charge in [-0.05, 0) is 23.2 Å². The van der Waals surface area contributed by atoms with Crippen LogP contribution in [0.15, 0.2) is 28.2 Å². The lowest BCUT2D eigenvalue weighted by Crippen LogP contribution is -2.07. The number of hydrogen-bond donors (Lipinski definition) is 0. The van der Waals surface area contributed by atoms with Crippen molar-refractivity contribution in [2.75, 3.05) is 0 Å². The highest BCUT2D eigenvalue weighted by Crippen LogP contribution is 2.40. The zero-order valence-electron chi connectivity index (χ0n) is 10.3. The first kappa shape index (κ1) is 13.6. The predicted octanol–water partition coefficient (Wildman–Crippen LogP) is 4.99. The van der Waals surface area contributed by atoms with E-state index < -0.39 is 0 Å². The molecule has 0 aliphatic carbocycles. The third-order valence-corrected chi connectivity index (χ3v) is 3.82. The Morgan fingerprint density at radius 2 is 1.86 bits per heavy atom. The zero-order valence-corrected chi connectivity index (χ0v) is 11.1. The molecule has 0 aromatic heterocycles. The van der Waals surface area contributed by atoms with Crippen molar-refractivity contribution in [2.45, 2.75) is 41.5 Å². The molecule has 0 spiro atoms. The van der Waals surface area contributed by atoms with E-state index >= 15 is 0 Å². The Kier molecular flexibility index (Phi) is 5.33. The molecule has 0 radical (unpaired) electrons. The molecule has 0 N–H and O–H groups in total. The van der Waals surface area contributed by atoms with Gasteiger partial charge in [-0.3, -0.25) is 0 Å². The molecule has 0 heterocycles. The molecule has 14 heavy (non-hydrogen) atoms. The standard InChI is InChI=1S/C13H22S/c1-8-11(10(3)4)14-12(9-2)13(5,6)7/h9-10H,1H2,2-7H3/b12-9-. The molecular weight excluding hydrogens is 188 g/mol. The monoisotopic (exact) mass is 210 g/mol. The SMILES string of the molecule is C=C=C(S/C(=C\C)C(C)(C)C)C(C)C. The molecule has 0 unspecified atom stereocenters. The maximum Gasteiger partial charge on any atom is 0.0331 e. The fraction of sp³-hybridized carbons (Fsp3) is 0.615. The number of rotatable bonds is 3. The van der Waals surface area contributed by atoms with Crippen molar-refractivity contribution in [1.29, 1.82) is 0 Å². The summed E-state index contributed by atoms with van der Waals surface area (Å²) in [5.41, 5.74) is 3.25. The first-order chi connectivity index (χ1) is 6.32. The van der Waals surface area contributed by atoms with Crippen molar-refractivity contribution in [3.8, 4) is 0 Å². The highest BCUT2D eigenvalue weighted by molar-refractivity contribution is 8.06. The van der Waals surface area contributed by atoms with Crippen LogP contribution in [0.3, 0.4) is 0 Å². The summed E-state index contributed by atoms with van der Waals surface area (Å²) < 4.78 is 0. The number of thioether (sulfide) groups is 1. The average Bonchev–Trinajstić information content (AvgIpc) is 2.03. The van der Waals surface area contributed by atoms with Gasteiger partial charge in [0.25, 0.3) is 0 Å². The second kappa shape index (κ2) is 5.48. The molecule has 0 aliphatic heterocycles. The van der Waals surface area contributed by atoms with Crippen LogP contribution in [0.5, 0.6) is 0 Å². The van der Waals surface area contributed by atoms with E-state index in [9.17, 15) is 0 Å². The fourth-order valence-electron chi connectivity index (χ4n) is 1.12. The predicted molar refractivity (Wildman–Crippen MR) is 68.3 cm³/mol. The first-order valence-corrected chi connectivity index (χ1v) is 5.89. The van der Waals surface area contributed by atoms with E-state index in [0.717, 1.165) is 0 Å². The molecule has 80 valence electrons. The largest absolute Gasteiger partial charge is 0.118 e. The Labute approximate surface area is 93.2 Å². The topological polar surface area (TPSA) is 0 Å². The van der Waals surface area contributed by atoms with Gasteiger partial charge in [-0.15, -0.1) is 5.73 Å². The van der Waals surface area contributed by atoms with Crippen LogP contribution in [0.25, 0.3) is 0 Å². The summed E-state index contributed by atoms with van der Waals surface area (Å²) in [6, 6.07) is 0. The minimum absolute atomic E-state index is 0.219. The molecule has 0 aromatic carbocycles. The molecule has 0 fully saturated rings. The van der Waals surface area contributed by atoms with Crippen LogP contribution in [-0.4, -0.2) is 0 Å². The van der Waals surface area contributed by atoms with E-state index in [-0.39, 0.29) is 5.41 Å². The molecule has 0 nitrogen and oxygen atoms in total. The average molecular weight is 210 g/mol. The van der Waals surface area contributed by atoms with Gasteiger partial charge >= 0.3 is 0 Å². The van der Waals surface area contributed by atoms with E-state index in [0.29, 0.717) is 5.92 Å². The van der Waals surface area contributed by atoms with Gasteiger partial charge in [0.15, 0.2) is 0 Å². The summed E-state index contributed by atoms with van der Waals surface area (Å²) in [6.45, 7) is 16.9. The fourth-order valence-corrected chi connectivity index (χ4v) is 2.09. The Bertz CT molecular complexity index is 257. The molecule has 0 saturated carbocycles. The molecule has 0 saturated heterocycles. The molecule has 0 atom stereocenters. The summed E-state index contributed by atoms with van der Waals surface area (Å²) in [4.78, 5) is 2.62. The van der Waals surface area contributed by atoms with Gasteiger partial charge < -0.3 is 0 Å². The third kappa shape index (κ3) is 4.21. The third-order valence-electron chi connectivity index (χ3n) is 1.92. The van der Waals surface area contributed by atoms with Gasteiger partial charge in [-0.25, -0.2) is 0 Å². The first-order valence-electron chi connectivity index (χ1n) is 5.07. The van der Waals surface area contributed by atoms with Gasteiger partial charge in [-0.1, -0.05) is 59.0 Å². The Morgan fingerprint density at radius 1 is 1.36 bits per heavy atom. The summed E-state index contributed by atoms with van der Waals surface area (Å²) in [6.07, 6.45) is 2.18. The van der Waals surface area contributed by atoms with E-state index in [1.165, 1.54) is 9.81 Å². The van der Waals surface area contributed by atoms with Gasteiger partial charge in [0.2, 0.25) is 0 Å². The molecule has 0 aliphatic rings. The normalized spacial score (nSPS) is 12.9. The van der Waals surface area contributed by atoms with Crippen molar-refractivity contribution in [2.24, 2.45) is 11.3 Å². The van der Waals surface area contributed by atoms with Crippen LogP contribution in [0.4, 0.5) is 0 Å². The Balaban J connectivity index is 4.74. The highest BCUT2D eigenvalue weighted by Gasteiger charge is 2.19. The highest BCUT2D eigenvalue weighted by atomic mass is 32.2. The van der Waals surface area contributed by atoms with Crippen LogP contribution in [0, 0.1) is 11.3 Å². The molecule has 0 amide bonds. The number of hydrogen-bond acceptors (Lipinski definition) is 1. The van der Waals surface area contributed by atoms with Crippen molar-refractivity contribution >= 4 is 11.8 Å². The second-order valence-electron chi connectivity index (χ2n) is 4.70. The second-order valence-corrected chi connectivity index (χ2v) is 5.78. The van der Waals surface area contributed by atoms with Crippen molar-refractivity contribution in [3.63, 3.8) is 0 Å². The summed E-state index contributed by atoms with van der Waals surface area (Å²) in [5, 5.41) is 0. The summed E-state index contributed by atoms with van der Waals surface area (Å²) in [5.74, 6) is 0.509. The Hall–Kier alpha value is -0.390. The van der Waals surface area contributed by atoms with Crippen molar-refractivity contribution in [1.82, 2.24) is 0 Å². The maximum atomic E-state index is 3.74. The molecule has 0 rings (SSSR count). The van der Waals surface area contributed by atoms with Gasteiger partial charge in [-0.2, -0.15) is 0 Å². The molecule has 1 heteroatoms. The van der Waals surface area contributed by atoms with Crippen LogP contribution in [0.2, 0.25) is 0 Å². The maximum absolute atomic E-state index is 3.74. The van der Waals surface area contributed by atoms with E-state index in [1.54, 1.807) is 0 Å². The minimum Gasteiger partial charge on any atom is -0.118 e. The van der Waals surface area contributed by atoms with E-state index in [1.807, 2.05) is 11.8 Å². The number of allylic oxidation sites excluding steroid dienone is 3. The quantitative estimate of drug-likeness (QED) is 0.591. The van der Waals surface area contributed by atoms with Crippen molar-refractivity contribution < 1.29 is 0 Å². The van der Waals surface area contributed by atoms with Crippen LogP contribution < -0.4 is 0 Å². The van der Waals surface area contributed by atoms with Gasteiger partial charge in [0.1, 0.15) is 0 Å². The lowest BCUT2D eigenvalue weighted by atomic mass is 9.96. The lowest BCUT2D eigenvalue weighted by Gasteiger charge is -2.23. The zero-order chi connectivity index (χ0) is 11.4. The molecule has 0 bridgehead atoms. The minimum atomic E-state index is 0.219. The summed E-state index contributed by atoms with van der Waals surface area (Å²) in [7, 11) is 0. The van der Waals surface area contributed by atoms with Gasteiger partial charge in [0, 0.05) is 4.91 Å². The van der Waals surface area contributed by atoms with E-state index in [2.05, 4.69) is 59.9 Å². The van der Waals surface area contributed by atoms with E-state index in [4.69, 9.17) is 0 Å². The lowest BCUT2D eigenvalue weighted by molar-refractivity contribution is 0.532. The van der Waals surface area contributed by atoms with Gasteiger partial charge in [0.05, 0.1) is 0 Å².